The highest BCUT2D eigenvalue weighted by molar-refractivity contribution is 7.10. The lowest BCUT2D eigenvalue weighted by Crippen LogP contribution is -2.46. The summed E-state index contributed by atoms with van der Waals surface area (Å²) < 4.78 is 5.70. The Labute approximate surface area is 150 Å². The molecule has 0 saturated carbocycles. The normalized spacial score (nSPS) is 22.2. The maximum absolute atomic E-state index is 13.0. The standard InChI is InChI=1S/C19H20N2O3S/c1-13-4-2-5-14(12-13)24-10-9-21-17(22)19(20-18(21)23)8-3-6-16-15(19)7-11-25-16/h2,4-5,7,11-12H,3,6,8-10H2,1H3,(H,20,23). The van der Waals surface area contributed by atoms with Gasteiger partial charge in [-0.15, -0.1) is 11.3 Å². The Morgan fingerprint density at radius 3 is 3.04 bits per heavy atom. The van der Waals surface area contributed by atoms with E-state index in [2.05, 4.69) is 5.32 Å². The van der Waals surface area contributed by atoms with Crippen LogP contribution in [0.5, 0.6) is 5.75 Å². The molecule has 2 aliphatic rings. The molecule has 6 heteroatoms. The minimum atomic E-state index is -0.867. The van der Waals surface area contributed by atoms with Crippen molar-refractivity contribution in [1.29, 1.82) is 0 Å². The largest absolute Gasteiger partial charge is 0.492 e. The number of carbonyl (C=O) groups is 2. The number of rotatable bonds is 4. The molecule has 1 aliphatic heterocycles. The van der Waals surface area contributed by atoms with Crippen LogP contribution >= 0.6 is 11.3 Å². The van der Waals surface area contributed by atoms with Crippen molar-refractivity contribution in [1.82, 2.24) is 10.2 Å². The first kappa shape index (κ1) is 16.1. The fourth-order valence-corrected chi connectivity index (χ4v) is 4.70. The molecule has 1 fully saturated rings. The maximum Gasteiger partial charge on any atom is 0.325 e. The lowest BCUT2D eigenvalue weighted by atomic mass is 9.80. The lowest BCUT2D eigenvalue weighted by molar-refractivity contribution is -0.132. The number of imide groups is 1. The third-order valence-electron chi connectivity index (χ3n) is 4.91. The molecule has 1 spiro atoms. The summed E-state index contributed by atoms with van der Waals surface area (Å²) in [6, 6.07) is 9.38. The molecule has 0 radical (unpaired) electrons. The fraction of sp³-hybridized carbons (Fsp3) is 0.368. The molecule has 1 aromatic heterocycles. The topological polar surface area (TPSA) is 58.6 Å². The molecule has 25 heavy (non-hydrogen) atoms. The Morgan fingerprint density at radius 2 is 2.20 bits per heavy atom. The van der Waals surface area contributed by atoms with Crippen LogP contribution in [0.25, 0.3) is 0 Å². The smallest absolute Gasteiger partial charge is 0.325 e. The highest BCUT2D eigenvalue weighted by atomic mass is 32.1. The number of urea groups is 1. The number of thiophene rings is 1. The zero-order valence-corrected chi connectivity index (χ0v) is 14.9. The van der Waals surface area contributed by atoms with E-state index in [1.54, 1.807) is 11.3 Å². The van der Waals surface area contributed by atoms with Crippen LogP contribution in [0.1, 0.15) is 28.8 Å². The van der Waals surface area contributed by atoms with E-state index in [1.807, 2.05) is 42.6 Å². The SMILES string of the molecule is Cc1cccc(OCCN2C(=O)NC3(CCCc4sccc43)C2=O)c1. The minimum absolute atomic E-state index is 0.148. The summed E-state index contributed by atoms with van der Waals surface area (Å²) in [5, 5.41) is 4.96. The van der Waals surface area contributed by atoms with Crippen LogP contribution in [-0.2, 0) is 16.8 Å². The Hall–Kier alpha value is -2.34. The van der Waals surface area contributed by atoms with Gasteiger partial charge in [0.05, 0.1) is 6.54 Å². The van der Waals surface area contributed by atoms with Crippen LogP contribution in [0.4, 0.5) is 4.79 Å². The molecule has 1 aliphatic carbocycles. The summed E-state index contributed by atoms with van der Waals surface area (Å²) in [6.07, 6.45) is 2.55. The Bertz CT molecular complexity index is 832. The molecule has 2 heterocycles. The second kappa shape index (κ2) is 6.19. The number of amides is 3. The Kier molecular flexibility index (Phi) is 4.00. The van der Waals surface area contributed by atoms with Crippen LogP contribution in [0.2, 0.25) is 0 Å². The summed E-state index contributed by atoms with van der Waals surface area (Å²) >= 11 is 1.66. The summed E-state index contributed by atoms with van der Waals surface area (Å²) in [6.45, 7) is 2.53. The molecule has 3 amide bonds. The predicted octanol–water partition coefficient (Wildman–Crippen LogP) is 3.22. The number of ether oxygens (including phenoxy) is 1. The summed E-state index contributed by atoms with van der Waals surface area (Å²) in [7, 11) is 0. The average molecular weight is 356 g/mol. The number of hydrogen-bond acceptors (Lipinski definition) is 4. The summed E-state index contributed by atoms with van der Waals surface area (Å²) in [4.78, 5) is 28.0. The van der Waals surface area contributed by atoms with Gasteiger partial charge in [0.15, 0.2) is 0 Å². The van der Waals surface area contributed by atoms with Gasteiger partial charge < -0.3 is 10.1 Å². The van der Waals surface area contributed by atoms with Gasteiger partial charge in [-0.25, -0.2) is 4.79 Å². The molecule has 1 N–H and O–H groups in total. The van der Waals surface area contributed by atoms with Crippen molar-refractivity contribution in [2.75, 3.05) is 13.2 Å². The van der Waals surface area contributed by atoms with E-state index in [1.165, 1.54) is 9.78 Å². The molecule has 1 unspecified atom stereocenters. The van der Waals surface area contributed by atoms with Gasteiger partial charge in [0, 0.05) is 10.4 Å². The minimum Gasteiger partial charge on any atom is -0.492 e. The molecule has 2 aromatic rings. The van der Waals surface area contributed by atoms with E-state index >= 15 is 0 Å². The van der Waals surface area contributed by atoms with Crippen molar-refractivity contribution >= 4 is 23.3 Å². The third-order valence-corrected chi connectivity index (χ3v) is 5.89. The zero-order chi connectivity index (χ0) is 17.4. The second-order valence-electron chi connectivity index (χ2n) is 6.57. The molecule has 1 aromatic carbocycles. The third kappa shape index (κ3) is 2.70. The Balaban J connectivity index is 1.48. The lowest BCUT2D eigenvalue weighted by Gasteiger charge is -2.31. The van der Waals surface area contributed by atoms with E-state index in [9.17, 15) is 9.59 Å². The van der Waals surface area contributed by atoms with Gasteiger partial charge in [0.25, 0.3) is 5.91 Å². The first-order chi connectivity index (χ1) is 12.1. The van der Waals surface area contributed by atoms with Gasteiger partial charge in [-0.05, 0) is 55.3 Å². The van der Waals surface area contributed by atoms with Crippen molar-refractivity contribution < 1.29 is 14.3 Å². The molecule has 1 atom stereocenters. The van der Waals surface area contributed by atoms with Gasteiger partial charge in [-0.1, -0.05) is 12.1 Å². The number of benzene rings is 1. The van der Waals surface area contributed by atoms with Gasteiger partial charge in [0.1, 0.15) is 17.9 Å². The molecular formula is C19H20N2O3S. The van der Waals surface area contributed by atoms with Gasteiger partial charge in [-0.3, -0.25) is 9.69 Å². The average Bonchev–Trinajstić information content (AvgIpc) is 3.15. The molecular weight excluding hydrogens is 336 g/mol. The zero-order valence-electron chi connectivity index (χ0n) is 14.1. The number of carbonyl (C=O) groups excluding carboxylic acids is 2. The van der Waals surface area contributed by atoms with Crippen molar-refractivity contribution in [2.24, 2.45) is 0 Å². The maximum atomic E-state index is 13.0. The number of fused-ring (bicyclic) bond motifs is 2. The fourth-order valence-electron chi connectivity index (χ4n) is 3.70. The van der Waals surface area contributed by atoms with Crippen LogP contribution in [0.3, 0.4) is 0 Å². The van der Waals surface area contributed by atoms with E-state index in [-0.39, 0.29) is 25.1 Å². The molecule has 5 nitrogen and oxygen atoms in total. The van der Waals surface area contributed by atoms with E-state index < -0.39 is 5.54 Å². The molecule has 4 rings (SSSR count). The highest BCUT2D eigenvalue weighted by Crippen LogP contribution is 2.41. The van der Waals surface area contributed by atoms with Gasteiger partial charge >= 0.3 is 6.03 Å². The second-order valence-corrected chi connectivity index (χ2v) is 7.57. The van der Waals surface area contributed by atoms with Gasteiger partial charge in [0.2, 0.25) is 0 Å². The summed E-state index contributed by atoms with van der Waals surface area (Å²) in [5.74, 6) is 0.601. The first-order valence-electron chi connectivity index (χ1n) is 8.50. The quantitative estimate of drug-likeness (QED) is 0.856. The van der Waals surface area contributed by atoms with Crippen molar-refractivity contribution in [3.63, 3.8) is 0 Å². The van der Waals surface area contributed by atoms with Crippen LogP contribution in [0.15, 0.2) is 35.7 Å². The predicted molar refractivity (Wildman–Crippen MR) is 95.9 cm³/mol. The molecule has 130 valence electrons. The summed E-state index contributed by atoms with van der Waals surface area (Å²) in [5.41, 5.74) is 1.22. The number of nitrogens with zero attached hydrogens (tertiary/aromatic N) is 1. The molecule has 0 bridgehead atoms. The van der Waals surface area contributed by atoms with E-state index in [4.69, 9.17) is 4.74 Å². The van der Waals surface area contributed by atoms with Crippen molar-refractivity contribution in [3.8, 4) is 5.75 Å². The van der Waals surface area contributed by atoms with Crippen molar-refractivity contribution in [3.05, 3.63) is 51.7 Å². The molecule has 1 saturated heterocycles. The van der Waals surface area contributed by atoms with Gasteiger partial charge in [-0.2, -0.15) is 0 Å². The van der Waals surface area contributed by atoms with Crippen molar-refractivity contribution in [2.45, 2.75) is 31.7 Å². The first-order valence-corrected chi connectivity index (χ1v) is 9.38. The number of nitrogens with one attached hydrogen (secondary N) is 1. The van der Waals surface area contributed by atoms with E-state index in [0.29, 0.717) is 6.42 Å². The van der Waals surface area contributed by atoms with Crippen LogP contribution in [-0.4, -0.2) is 30.0 Å². The number of aryl methyl sites for hydroxylation is 2. The van der Waals surface area contributed by atoms with Crippen LogP contribution < -0.4 is 10.1 Å². The van der Waals surface area contributed by atoms with Crippen LogP contribution in [0, 0.1) is 6.92 Å². The van der Waals surface area contributed by atoms with E-state index in [0.717, 1.165) is 29.7 Å². The number of hydrogen-bond donors (Lipinski definition) is 1. The Morgan fingerprint density at radius 1 is 1.32 bits per heavy atom. The monoisotopic (exact) mass is 356 g/mol. The highest BCUT2D eigenvalue weighted by Gasteiger charge is 2.54.